The lowest BCUT2D eigenvalue weighted by molar-refractivity contribution is -0.116. The second-order valence-electron chi connectivity index (χ2n) is 3.72. The van der Waals surface area contributed by atoms with Crippen molar-refractivity contribution in [1.29, 1.82) is 0 Å². The molecule has 0 fully saturated rings. The van der Waals surface area contributed by atoms with E-state index in [9.17, 15) is 9.59 Å². The summed E-state index contributed by atoms with van der Waals surface area (Å²) in [4.78, 5) is 26.4. The van der Waals surface area contributed by atoms with E-state index in [-0.39, 0.29) is 0 Å². The minimum Gasteiger partial charge on any atom is -0.358 e. The van der Waals surface area contributed by atoms with E-state index in [0.717, 1.165) is 15.4 Å². The Labute approximate surface area is 107 Å². The van der Waals surface area contributed by atoms with Gasteiger partial charge in [-0.2, -0.15) is 0 Å². The number of aromatic nitrogens is 1. The monoisotopic (exact) mass is 294 g/mol. The lowest BCUT2D eigenvalue weighted by Gasteiger charge is -1.99. The highest BCUT2D eigenvalue weighted by Crippen LogP contribution is 2.25. The van der Waals surface area contributed by atoms with Crippen LogP contribution < -0.4 is 5.32 Å². The van der Waals surface area contributed by atoms with Crippen LogP contribution in [0.15, 0.2) is 22.7 Å². The molecule has 2 rings (SSSR count). The number of aryl methyl sites for hydroxylation is 1. The van der Waals surface area contributed by atoms with Crippen LogP contribution in [-0.2, 0) is 4.79 Å². The van der Waals surface area contributed by atoms with Crippen LogP contribution in [0.1, 0.15) is 16.1 Å². The Hall–Kier alpha value is -1.62. The van der Waals surface area contributed by atoms with Crippen molar-refractivity contribution in [2.45, 2.75) is 6.92 Å². The number of carbonyl (C=O) groups is 2. The molecular formula is C12H11BrN2O2. The summed E-state index contributed by atoms with van der Waals surface area (Å²) in [6.07, 6.45) is 0. The number of nitrogens with one attached hydrogen (secondary N) is 2. The Balaban J connectivity index is 2.67. The van der Waals surface area contributed by atoms with Crippen molar-refractivity contribution >= 4 is 38.5 Å². The zero-order valence-electron chi connectivity index (χ0n) is 9.43. The minimum atomic E-state index is -0.603. The molecule has 0 radical (unpaired) electrons. The molecule has 88 valence electrons. The molecule has 2 aromatic rings. The number of benzene rings is 1. The van der Waals surface area contributed by atoms with Crippen molar-refractivity contribution in [2.24, 2.45) is 0 Å². The van der Waals surface area contributed by atoms with Crippen LogP contribution in [0.4, 0.5) is 0 Å². The van der Waals surface area contributed by atoms with Crippen LogP contribution in [0.5, 0.6) is 0 Å². The Bertz CT molecular complexity index is 616. The number of fused-ring (bicyclic) bond motifs is 1. The average molecular weight is 295 g/mol. The quantitative estimate of drug-likeness (QED) is 0.659. The van der Waals surface area contributed by atoms with E-state index in [1.54, 1.807) is 6.92 Å². The summed E-state index contributed by atoms with van der Waals surface area (Å²) in [5, 5.41) is 3.10. The van der Waals surface area contributed by atoms with E-state index in [4.69, 9.17) is 0 Å². The number of amides is 1. The highest BCUT2D eigenvalue weighted by Gasteiger charge is 2.21. The fraction of sp³-hybridized carbons (Fsp3) is 0.167. The van der Waals surface area contributed by atoms with Crippen LogP contribution >= 0.6 is 15.9 Å². The third-order valence-electron chi connectivity index (χ3n) is 2.61. The molecule has 0 aliphatic carbocycles. The predicted molar refractivity (Wildman–Crippen MR) is 69.1 cm³/mol. The van der Waals surface area contributed by atoms with Crippen molar-refractivity contribution < 1.29 is 9.59 Å². The first-order valence-corrected chi connectivity index (χ1v) is 5.88. The molecule has 17 heavy (non-hydrogen) atoms. The standard InChI is InChI=1S/C12H11BrN2O2/c1-6-10(11(16)12(17)14-2)8-5-7(13)3-4-9(8)15-6/h3-5,15H,1-2H3,(H,14,17). The molecule has 1 aromatic carbocycles. The summed E-state index contributed by atoms with van der Waals surface area (Å²) in [6, 6.07) is 5.58. The van der Waals surface area contributed by atoms with Gasteiger partial charge in [0, 0.05) is 28.1 Å². The molecule has 1 heterocycles. The van der Waals surface area contributed by atoms with Gasteiger partial charge in [0.15, 0.2) is 0 Å². The highest BCUT2D eigenvalue weighted by atomic mass is 79.9. The Morgan fingerprint density at radius 2 is 2.06 bits per heavy atom. The van der Waals surface area contributed by atoms with E-state index >= 15 is 0 Å². The topological polar surface area (TPSA) is 62.0 Å². The normalized spacial score (nSPS) is 10.5. The van der Waals surface area contributed by atoms with Gasteiger partial charge in [0.05, 0.1) is 5.56 Å². The van der Waals surface area contributed by atoms with Gasteiger partial charge in [-0.1, -0.05) is 15.9 Å². The molecule has 2 N–H and O–H groups in total. The van der Waals surface area contributed by atoms with Crippen LogP contribution in [-0.4, -0.2) is 23.7 Å². The predicted octanol–water partition coefficient (Wildman–Crippen LogP) is 2.17. The number of aromatic amines is 1. The summed E-state index contributed by atoms with van der Waals surface area (Å²) >= 11 is 3.35. The van der Waals surface area contributed by atoms with E-state index in [1.165, 1.54) is 7.05 Å². The van der Waals surface area contributed by atoms with Gasteiger partial charge in [-0.3, -0.25) is 9.59 Å². The van der Waals surface area contributed by atoms with Crippen LogP contribution in [0, 0.1) is 6.92 Å². The molecule has 0 aliphatic rings. The molecule has 0 unspecified atom stereocenters. The van der Waals surface area contributed by atoms with Crippen molar-refractivity contribution in [3.05, 3.63) is 33.9 Å². The lowest BCUT2D eigenvalue weighted by Crippen LogP contribution is -2.27. The molecule has 5 heteroatoms. The molecule has 4 nitrogen and oxygen atoms in total. The van der Waals surface area contributed by atoms with Crippen LogP contribution in [0.25, 0.3) is 10.9 Å². The van der Waals surface area contributed by atoms with E-state index in [0.29, 0.717) is 11.3 Å². The second-order valence-corrected chi connectivity index (χ2v) is 4.64. The van der Waals surface area contributed by atoms with Gasteiger partial charge in [-0.05, 0) is 25.1 Å². The van der Waals surface area contributed by atoms with Gasteiger partial charge in [0.25, 0.3) is 11.7 Å². The fourth-order valence-electron chi connectivity index (χ4n) is 1.82. The molecule has 0 saturated heterocycles. The summed E-state index contributed by atoms with van der Waals surface area (Å²) < 4.78 is 0.870. The number of H-pyrrole nitrogens is 1. The number of halogens is 1. The highest BCUT2D eigenvalue weighted by molar-refractivity contribution is 9.10. The number of Topliss-reactive ketones (excluding diaryl/α,β-unsaturated/α-hetero) is 1. The molecular weight excluding hydrogens is 284 g/mol. The zero-order valence-corrected chi connectivity index (χ0v) is 11.0. The van der Waals surface area contributed by atoms with E-state index in [1.807, 2.05) is 18.2 Å². The minimum absolute atomic E-state index is 0.431. The number of likely N-dealkylation sites (N-methyl/N-ethyl adjacent to an activating group) is 1. The molecule has 1 amide bonds. The van der Waals surface area contributed by atoms with Crippen LogP contribution in [0.2, 0.25) is 0 Å². The Kier molecular flexibility index (Phi) is 3.02. The van der Waals surface area contributed by atoms with Crippen molar-refractivity contribution in [1.82, 2.24) is 10.3 Å². The summed E-state index contributed by atoms with van der Waals surface area (Å²) in [5.41, 5.74) is 1.98. The summed E-state index contributed by atoms with van der Waals surface area (Å²) in [5.74, 6) is -1.12. The smallest absolute Gasteiger partial charge is 0.292 e. The maximum atomic E-state index is 11.9. The van der Waals surface area contributed by atoms with Gasteiger partial charge in [0.2, 0.25) is 0 Å². The van der Waals surface area contributed by atoms with E-state index < -0.39 is 11.7 Å². The average Bonchev–Trinajstić information content (AvgIpc) is 2.62. The van der Waals surface area contributed by atoms with Gasteiger partial charge >= 0.3 is 0 Å². The first kappa shape index (κ1) is 11.9. The summed E-state index contributed by atoms with van der Waals surface area (Å²) in [6.45, 7) is 1.78. The fourth-order valence-corrected chi connectivity index (χ4v) is 2.18. The maximum absolute atomic E-state index is 11.9. The Morgan fingerprint density at radius 1 is 1.35 bits per heavy atom. The van der Waals surface area contributed by atoms with Crippen molar-refractivity contribution in [3.63, 3.8) is 0 Å². The second kappa shape index (κ2) is 4.33. The third-order valence-corrected chi connectivity index (χ3v) is 3.10. The van der Waals surface area contributed by atoms with E-state index in [2.05, 4.69) is 26.2 Å². The van der Waals surface area contributed by atoms with Gasteiger partial charge < -0.3 is 10.3 Å². The SMILES string of the molecule is CNC(=O)C(=O)c1c(C)[nH]c2ccc(Br)cc12. The number of hydrogen-bond acceptors (Lipinski definition) is 2. The van der Waals surface area contributed by atoms with Crippen molar-refractivity contribution in [3.8, 4) is 0 Å². The zero-order chi connectivity index (χ0) is 12.6. The first-order valence-electron chi connectivity index (χ1n) is 5.09. The van der Waals surface area contributed by atoms with Gasteiger partial charge in [0.1, 0.15) is 0 Å². The summed E-state index contributed by atoms with van der Waals surface area (Å²) in [7, 11) is 1.44. The van der Waals surface area contributed by atoms with Crippen molar-refractivity contribution in [2.75, 3.05) is 7.05 Å². The first-order chi connectivity index (χ1) is 8.04. The largest absolute Gasteiger partial charge is 0.358 e. The number of carbonyl (C=O) groups excluding carboxylic acids is 2. The molecule has 1 aromatic heterocycles. The lowest BCUT2D eigenvalue weighted by atomic mass is 10.1. The molecule has 0 atom stereocenters. The number of ketones is 1. The maximum Gasteiger partial charge on any atom is 0.292 e. The van der Waals surface area contributed by atoms with Crippen LogP contribution in [0.3, 0.4) is 0 Å². The molecule has 0 aliphatic heterocycles. The van der Waals surface area contributed by atoms with Gasteiger partial charge in [-0.15, -0.1) is 0 Å². The molecule has 0 saturated carbocycles. The molecule has 0 bridgehead atoms. The Morgan fingerprint density at radius 3 is 2.71 bits per heavy atom. The van der Waals surface area contributed by atoms with Gasteiger partial charge in [-0.25, -0.2) is 0 Å². The molecule has 0 spiro atoms. The number of rotatable bonds is 2. The number of hydrogen-bond donors (Lipinski definition) is 2. The third kappa shape index (κ3) is 1.98.